The zero-order valence-electron chi connectivity index (χ0n) is 19.4. The molecule has 0 fully saturated rings. The maximum absolute atomic E-state index is 13.1. The highest BCUT2D eigenvalue weighted by Gasteiger charge is 2.29. The number of hydrogen-bond donors (Lipinski definition) is 1. The second-order valence-electron chi connectivity index (χ2n) is 7.79. The van der Waals surface area contributed by atoms with Crippen molar-refractivity contribution in [3.63, 3.8) is 0 Å². The molecule has 0 aromatic heterocycles. The van der Waals surface area contributed by atoms with Gasteiger partial charge in [0.25, 0.3) is 5.91 Å². The number of amides is 2. The third kappa shape index (κ3) is 7.48. The first-order valence-corrected chi connectivity index (χ1v) is 10.9. The predicted molar refractivity (Wildman–Crippen MR) is 124 cm³/mol. The van der Waals surface area contributed by atoms with Crippen LogP contribution in [-0.4, -0.2) is 54.0 Å². The molecule has 2 rings (SSSR count). The van der Waals surface area contributed by atoms with Crippen molar-refractivity contribution in [3.05, 3.63) is 64.2 Å². The fourth-order valence-corrected chi connectivity index (χ4v) is 3.40. The molecule has 0 unspecified atom stereocenters. The second-order valence-corrected chi connectivity index (χ2v) is 7.79. The summed E-state index contributed by atoms with van der Waals surface area (Å²) in [6.07, 6.45) is 1.04. The van der Waals surface area contributed by atoms with Gasteiger partial charge in [0, 0.05) is 24.7 Å². The number of carbonyl (C=O) groups is 2. The minimum atomic E-state index is -0.640. The Bertz CT molecular complexity index is 948. The smallest absolute Gasteiger partial charge is 0.311 e. The zero-order valence-corrected chi connectivity index (χ0v) is 19.4. The first-order chi connectivity index (χ1) is 15.8. The molecule has 9 heteroatoms. The van der Waals surface area contributed by atoms with Gasteiger partial charge in [-0.05, 0) is 38.3 Å². The molecule has 0 radical (unpaired) electrons. The molecule has 0 aliphatic carbocycles. The normalized spacial score (nSPS) is 11.5. The Morgan fingerprint density at radius 2 is 1.85 bits per heavy atom. The van der Waals surface area contributed by atoms with E-state index in [2.05, 4.69) is 5.32 Å². The van der Waals surface area contributed by atoms with Crippen molar-refractivity contribution in [1.29, 1.82) is 0 Å². The number of nitro benzene ring substituents is 1. The Hall–Kier alpha value is -3.62. The molecule has 0 saturated heterocycles. The van der Waals surface area contributed by atoms with E-state index in [-0.39, 0.29) is 41.6 Å². The Morgan fingerprint density at radius 1 is 1.15 bits per heavy atom. The van der Waals surface area contributed by atoms with Crippen LogP contribution in [0.25, 0.3) is 0 Å². The number of carbonyl (C=O) groups excluding carboxylic acids is 2. The van der Waals surface area contributed by atoms with E-state index in [1.807, 2.05) is 51.1 Å². The van der Waals surface area contributed by atoms with E-state index in [0.29, 0.717) is 19.4 Å². The molecule has 1 N–H and O–H groups in total. The van der Waals surface area contributed by atoms with Crippen LogP contribution in [0, 0.1) is 10.1 Å². The second kappa shape index (κ2) is 12.4. The Labute approximate surface area is 193 Å². The highest BCUT2D eigenvalue weighted by Crippen LogP contribution is 2.30. The molecule has 2 amide bonds. The number of methoxy groups -OCH3 is 1. The molecular formula is C24H31N3O6. The van der Waals surface area contributed by atoms with Gasteiger partial charge in [0.2, 0.25) is 11.7 Å². The van der Waals surface area contributed by atoms with Crippen LogP contribution in [0.1, 0.15) is 32.8 Å². The minimum absolute atomic E-state index is 0.0358. The van der Waals surface area contributed by atoms with Crippen molar-refractivity contribution in [2.75, 3.05) is 20.3 Å². The van der Waals surface area contributed by atoms with Crippen LogP contribution in [0.3, 0.4) is 0 Å². The fourth-order valence-electron chi connectivity index (χ4n) is 3.40. The monoisotopic (exact) mass is 457 g/mol. The third-order valence-corrected chi connectivity index (χ3v) is 5.01. The quantitative estimate of drug-likeness (QED) is 0.386. The van der Waals surface area contributed by atoms with Crippen molar-refractivity contribution in [1.82, 2.24) is 10.2 Å². The van der Waals surface area contributed by atoms with Crippen molar-refractivity contribution >= 4 is 17.5 Å². The molecule has 0 saturated carbocycles. The van der Waals surface area contributed by atoms with Gasteiger partial charge in [0.05, 0.1) is 12.0 Å². The first-order valence-electron chi connectivity index (χ1n) is 10.9. The van der Waals surface area contributed by atoms with E-state index in [0.717, 1.165) is 5.56 Å². The number of nitro groups is 1. The van der Waals surface area contributed by atoms with Crippen molar-refractivity contribution in [2.45, 2.75) is 45.7 Å². The summed E-state index contributed by atoms with van der Waals surface area (Å²) in [6, 6.07) is 13.0. The lowest BCUT2D eigenvalue weighted by Crippen LogP contribution is -2.52. The highest BCUT2D eigenvalue weighted by atomic mass is 16.6. The number of nitrogens with zero attached hydrogens (tertiary/aromatic N) is 2. The average molecular weight is 458 g/mol. The molecule has 0 aliphatic rings. The number of ether oxygens (including phenoxy) is 2. The van der Waals surface area contributed by atoms with Crippen LogP contribution in [-0.2, 0) is 16.0 Å². The van der Waals surface area contributed by atoms with Crippen molar-refractivity contribution in [2.24, 2.45) is 0 Å². The number of hydrogen-bond acceptors (Lipinski definition) is 6. The number of nitrogens with one attached hydrogen (secondary N) is 1. The van der Waals surface area contributed by atoms with Crippen LogP contribution < -0.4 is 14.8 Å². The molecule has 9 nitrogen and oxygen atoms in total. The summed E-state index contributed by atoms with van der Waals surface area (Å²) in [4.78, 5) is 38.0. The average Bonchev–Trinajstić information content (AvgIpc) is 2.79. The molecule has 33 heavy (non-hydrogen) atoms. The summed E-state index contributed by atoms with van der Waals surface area (Å²) < 4.78 is 10.7. The van der Waals surface area contributed by atoms with Gasteiger partial charge in [-0.3, -0.25) is 19.7 Å². The van der Waals surface area contributed by atoms with Gasteiger partial charge in [-0.15, -0.1) is 0 Å². The summed E-state index contributed by atoms with van der Waals surface area (Å²) in [5, 5.41) is 13.9. The lowest BCUT2D eigenvalue weighted by molar-refractivity contribution is -0.385. The Kier molecular flexibility index (Phi) is 9.65. The molecule has 178 valence electrons. The van der Waals surface area contributed by atoms with Gasteiger partial charge >= 0.3 is 5.69 Å². The SMILES string of the molecule is CC[C@H](C(=O)NC(C)C)N(CCc1ccccc1)C(=O)COc1ccc([N+](=O)[O-])c(OC)c1. The summed E-state index contributed by atoms with van der Waals surface area (Å²) in [6.45, 7) is 5.62. The minimum Gasteiger partial charge on any atom is -0.490 e. The molecule has 1 atom stereocenters. The van der Waals surface area contributed by atoms with E-state index >= 15 is 0 Å². The van der Waals surface area contributed by atoms with Crippen LogP contribution >= 0.6 is 0 Å². The summed E-state index contributed by atoms with van der Waals surface area (Å²) >= 11 is 0. The highest BCUT2D eigenvalue weighted by molar-refractivity contribution is 5.88. The van der Waals surface area contributed by atoms with Crippen LogP contribution in [0.4, 0.5) is 5.69 Å². The molecule has 2 aromatic carbocycles. The van der Waals surface area contributed by atoms with Crippen molar-refractivity contribution < 1.29 is 24.0 Å². The van der Waals surface area contributed by atoms with E-state index in [4.69, 9.17) is 9.47 Å². The summed E-state index contributed by atoms with van der Waals surface area (Å²) in [5.74, 6) is -0.276. The van der Waals surface area contributed by atoms with E-state index in [1.54, 1.807) is 0 Å². The predicted octanol–water partition coefficient (Wildman–Crippen LogP) is 3.36. The largest absolute Gasteiger partial charge is 0.490 e. The first kappa shape index (κ1) is 25.6. The maximum atomic E-state index is 13.1. The van der Waals surface area contributed by atoms with E-state index < -0.39 is 11.0 Å². The van der Waals surface area contributed by atoms with E-state index in [1.165, 1.54) is 30.2 Å². The lowest BCUT2D eigenvalue weighted by Gasteiger charge is -2.31. The van der Waals surface area contributed by atoms with Gasteiger partial charge in [0.1, 0.15) is 11.8 Å². The molecule has 0 bridgehead atoms. The number of rotatable bonds is 12. The number of benzene rings is 2. The van der Waals surface area contributed by atoms with Crippen LogP contribution in [0.15, 0.2) is 48.5 Å². The zero-order chi connectivity index (χ0) is 24.4. The lowest BCUT2D eigenvalue weighted by atomic mass is 10.1. The fraction of sp³-hybridized carbons (Fsp3) is 0.417. The summed E-state index contributed by atoms with van der Waals surface area (Å²) in [7, 11) is 1.32. The van der Waals surface area contributed by atoms with Gasteiger partial charge in [0.15, 0.2) is 6.61 Å². The van der Waals surface area contributed by atoms with Gasteiger partial charge < -0.3 is 19.7 Å². The summed E-state index contributed by atoms with van der Waals surface area (Å²) in [5.41, 5.74) is 0.854. The van der Waals surface area contributed by atoms with Gasteiger partial charge in [-0.1, -0.05) is 37.3 Å². The van der Waals surface area contributed by atoms with Crippen LogP contribution in [0.5, 0.6) is 11.5 Å². The third-order valence-electron chi connectivity index (χ3n) is 5.01. The topological polar surface area (TPSA) is 111 Å². The Morgan fingerprint density at radius 3 is 2.42 bits per heavy atom. The standard InChI is InChI=1S/C24H31N3O6/c1-5-20(24(29)25-17(2)3)26(14-13-18-9-7-6-8-10-18)23(28)16-33-19-11-12-21(27(30)31)22(15-19)32-4/h6-12,15,17,20H,5,13-14,16H2,1-4H3,(H,25,29)/t20-/m1/s1. The Balaban J connectivity index is 2.17. The molecule has 2 aromatic rings. The molecular weight excluding hydrogens is 426 g/mol. The van der Waals surface area contributed by atoms with Gasteiger partial charge in [-0.25, -0.2) is 0 Å². The maximum Gasteiger partial charge on any atom is 0.311 e. The van der Waals surface area contributed by atoms with E-state index in [9.17, 15) is 19.7 Å². The van der Waals surface area contributed by atoms with Crippen molar-refractivity contribution in [3.8, 4) is 11.5 Å². The van der Waals surface area contributed by atoms with Gasteiger partial charge in [-0.2, -0.15) is 0 Å². The molecule has 0 heterocycles. The molecule has 0 aliphatic heterocycles. The molecule has 0 spiro atoms. The van der Waals surface area contributed by atoms with Crippen LogP contribution in [0.2, 0.25) is 0 Å².